The van der Waals surface area contributed by atoms with Gasteiger partial charge in [-0.15, -0.1) is 0 Å². The third-order valence-corrected chi connectivity index (χ3v) is 3.19. The van der Waals surface area contributed by atoms with Crippen molar-refractivity contribution < 1.29 is 0 Å². The van der Waals surface area contributed by atoms with Crippen molar-refractivity contribution in [3.63, 3.8) is 0 Å². The standard InChI is InChI=1S/C13H19N5/c1-4-18-13(16-9-17-18)7-12(14-3)11-8-15-6-5-10(11)2/h5-6,8-9,12,14H,4,7H2,1-3H3. The van der Waals surface area contributed by atoms with Gasteiger partial charge in [0.1, 0.15) is 12.2 Å². The van der Waals surface area contributed by atoms with E-state index >= 15 is 0 Å². The molecule has 0 saturated heterocycles. The Morgan fingerprint density at radius 1 is 1.44 bits per heavy atom. The Balaban J connectivity index is 2.23. The molecule has 1 atom stereocenters. The number of nitrogens with one attached hydrogen (secondary N) is 1. The summed E-state index contributed by atoms with van der Waals surface area (Å²) in [5.74, 6) is 1.00. The molecule has 18 heavy (non-hydrogen) atoms. The number of likely N-dealkylation sites (N-methyl/N-ethyl adjacent to an activating group) is 1. The van der Waals surface area contributed by atoms with E-state index in [-0.39, 0.29) is 6.04 Å². The fourth-order valence-electron chi connectivity index (χ4n) is 2.10. The Morgan fingerprint density at radius 2 is 2.28 bits per heavy atom. The number of hydrogen-bond donors (Lipinski definition) is 1. The molecule has 2 heterocycles. The minimum Gasteiger partial charge on any atom is -0.313 e. The zero-order valence-corrected chi connectivity index (χ0v) is 11.1. The number of rotatable bonds is 5. The molecule has 0 amide bonds. The first-order valence-electron chi connectivity index (χ1n) is 6.20. The molecule has 0 radical (unpaired) electrons. The van der Waals surface area contributed by atoms with Gasteiger partial charge in [0.2, 0.25) is 0 Å². The molecule has 2 aromatic rings. The molecule has 5 heteroatoms. The van der Waals surface area contributed by atoms with Gasteiger partial charge in [0.25, 0.3) is 0 Å². The minimum atomic E-state index is 0.216. The summed E-state index contributed by atoms with van der Waals surface area (Å²) in [4.78, 5) is 8.52. The van der Waals surface area contributed by atoms with Crippen LogP contribution in [0, 0.1) is 6.92 Å². The summed E-state index contributed by atoms with van der Waals surface area (Å²) in [6, 6.07) is 2.25. The maximum Gasteiger partial charge on any atom is 0.138 e. The summed E-state index contributed by atoms with van der Waals surface area (Å²) in [6.07, 6.45) is 6.17. The third kappa shape index (κ3) is 2.56. The van der Waals surface area contributed by atoms with Crippen LogP contribution < -0.4 is 5.32 Å². The van der Waals surface area contributed by atoms with Crippen LogP contribution in [0.25, 0.3) is 0 Å². The summed E-state index contributed by atoms with van der Waals surface area (Å²) in [7, 11) is 1.96. The van der Waals surface area contributed by atoms with Crippen LogP contribution in [-0.2, 0) is 13.0 Å². The van der Waals surface area contributed by atoms with Crippen LogP contribution in [0.2, 0.25) is 0 Å². The number of pyridine rings is 1. The smallest absolute Gasteiger partial charge is 0.138 e. The Hall–Kier alpha value is -1.75. The number of hydrogen-bond acceptors (Lipinski definition) is 4. The van der Waals surface area contributed by atoms with Crippen LogP contribution in [0.15, 0.2) is 24.8 Å². The van der Waals surface area contributed by atoms with E-state index in [0.29, 0.717) is 0 Å². The van der Waals surface area contributed by atoms with Crippen molar-refractivity contribution in [1.82, 2.24) is 25.1 Å². The van der Waals surface area contributed by atoms with Crippen LogP contribution in [0.3, 0.4) is 0 Å². The number of nitrogens with zero attached hydrogens (tertiary/aromatic N) is 4. The van der Waals surface area contributed by atoms with Crippen molar-refractivity contribution in [2.24, 2.45) is 0 Å². The van der Waals surface area contributed by atoms with Gasteiger partial charge in [-0.3, -0.25) is 9.67 Å². The highest BCUT2D eigenvalue weighted by Crippen LogP contribution is 2.19. The van der Waals surface area contributed by atoms with Gasteiger partial charge in [0, 0.05) is 31.4 Å². The maximum absolute atomic E-state index is 4.32. The Labute approximate surface area is 107 Å². The molecule has 0 spiro atoms. The van der Waals surface area contributed by atoms with Crippen LogP contribution in [0.1, 0.15) is 29.9 Å². The summed E-state index contributed by atoms with van der Waals surface area (Å²) in [6.45, 7) is 5.02. The van der Waals surface area contributed by atoms with E-state index < -0.39 is 0 Å². The summed E-state index contributed by atoms with van der Waals surface area (Å²) in [5.41, 5.74) is 2.46. The molecule has 0 aliphatic carbocycles. The second kappa shape index (κ2) is 5.73. The van der Waals surface area contributed by atoms with Gasteiger partial charge >= 0.3 is 0 Å². The molecule has 1 N–H and O–H groups in total. The third-order valence-electron chi connectivity index (χ3n) is 3.19. The Bertz CT molecular complexity index is 506. The van der Waals surface area contributed by atoms with E-state index in [2.05, 4.69) is 34.2 Å². The maximum atomic E-state index is 4.32. The van der Waals surface area contributed by atoms with Gasteiger partial charge in [-0.05, 0) is 38.1 Å². The molecule has 0 aromatic carbocycles. The molecule has 0 fully saturated rings. The van der Waals surface area contributed by atoms with Gasteiger partial charge in [0.15, 0.2) is 0 Å². The lowest BCUT2D eigenvalue weighted by molar-refractivity contribution is 0.531. The molecule has 2 aromatic heterocycles. The average molecular weight is 245 g/mol. The van der Waals surface area contributed by atoms with Crippen LogP contribution in [0.5, 0.6) is 0 Å². The fraction of sp³-hybridized carbons (Fsp3) is 0.462. The van der Waals surface area contributed by atoms with Crippen molar-refractivity contribution in [2.45, 2.75) is 32.9 Å². The van der Waals surface area contributed by atoms with E-state index in [4.69, 9.17) is 0 Å². The van der Waals surface area contributed by atoms with Crippen molar-refractivity contribution in [1.29, 1.82) is 0 Å². The molecule has 0 aliphatic rings. The fourth-order valence-corrected chi connectivity index (χ4v) is 2.10. The molecule has 96 valence electrons. The molecule has 0 aliphatic heterocycles. The normalized spacial score (nSPS) is 12.6. The van der Waals surface area contributed by atoms with Gasteiger partial charge < -0.3 is 5.32 Å². The van der Waals surface area contributed by atoms with Gasteiger partial charge in [-0.2, -0.15) is 5.10 Å². The summed E-state index contributed by atoms with van der Waals surface area (Å²) >= 11 is 0. The molecular weight excluding hydrogens is 226 g/mol. The lowest BCUT2D eigenvalue weighted by Crippen LogP contribution is -2.22. The van der Waals surface area contributed by atoms with E-state index in [9.17, 15) is 0 Å². The van der Waals surface area contributed by atoms with Crippen molar-refractivity contribution in [3.8, 4) is 0 Å². The quantitative estimate of drug-likeness (QED) is 0.867. The van der Waals surface area contributed by atoms with Gasteiger partial charge in [-0.25, -0.2) is 4.98 Å². The topological polar surface area (TPSA) is 55.6 Å². The zero-order chi connectivity index (χ0) is 13.0. The average Bonchev–Trinajstić information content (AvgIpc) is 2.84. The van der Waals surface area contributed by atoms with Gasteiger partial charge in [-0.1, -0.05) is 0 Å². The highest BCUT2D eigenvalue weighted by molar-refractivity contribution is 5.25. The molecular formula is C13H19N5. The molecule has 5 nitrogen and oxygen atoms in total. The summed E-state index contributed by atoms with van der Waals surface area (Å²) in [5, 5.41) is 7.53. The SMILES string of the molecule is CCn1ncnc1CC(NC)c1cnccc1C. The summed E-state index contributed by atoms with van der Waals surface area (Å²) < 4.78 is 1.93. The second-order valence-corrected chi connectivity index (χ2v) is 4.27. The highest BCUT2D eigenvalue weighted by atomic mass is 15.3. The molecule has 0 saturated carbocycles. The Kier molecular flexibility index (Phi) is 4.04. The minimum absolute atomic E-state index is 0.216. The van der Waals surface area contributed by atoms with Crippen molar-refractivity contribution >= 4 is 0 Å². The molecule has 2 rings (SSSR count). The van der Waals surface area contributed by atoms with Crippen molar-refractivity contribution in [3.05, 3.63) is 41.7 Å². The number of aryl methyl sites for hydroxylation is 2. The number of aromatic nitrogens is 4. The second-order valence-electron chi connectivity index (χ2n) is 4.27. The monoisotopic (exact) mass is 245 g/mol. The predicted molar refractivity (Wildman–Crippen MR) is 70.2 cm³/mol. The predicted octanol–water partition coefficient (Wildman–Crippen LogP) is 1.50. The van der Waals surface area contributed by atoms with E-state index in [1.807, 2.05) is 30.2 Å². The first-order valence-corrected chi connectivity index (χ1v) is 6.20. The largest absolute Gasteiger partial charge is 0.313 e. The highest BCUT2D eigenvalue weighted by Gasteiger charge is 2.15. The molecule has 0 bridgehead atoms. The first-order chi connectivity index (χ1) is 8.76. The van der Waals surface area contributed by atoms with E-state index in [1.165, 1.54) is 11.1 Å². The van der Waals surface area contributed by atoms with Crippen LogP contribution in [-0.4, -0.2) is 26.8 Å². The van der Waals surface area contributed by atoms with Crippen LogP contribution >= 0.6 is 0 Å². The first kappa shape index (κ1) is 12.7. The van der Waals surface area contributed by atoms with E-state index in [1.54, 1.807) is 6.33 Å². The van der Waals surface area contributed by atoms with Gasteiger partial charge in [0.05, 0.1) is 0 Å². The van der Waals surface area contributed by atoms with Crippen molar-refractivity contribution in [2.75, 3.05) is 7.05 Å². The Morgan fingerprint density at radius 3 is 2.94 bits per heavy atom. The lowest BCUT2D eigenvalue weighted by atomic mass is 10.0. The lowest BCUT2D eigenvalue weighted by Gasteiger charge is -2.18. The zero-order valence-electron chi connectivity index (χ0n) is 11.1. The molecule has 1 unspecified atom stereocenters. The van der Waals surface area contributed by atoms with Crippen LogP contribution in [0.4, 0.5) is 0 Å². The van der Waals surface area contributed by atoms with E-state index in [0.717, 1.165) is 18.8 Å².